The van der Waals surface area contributed by atoms with E-state index < -0.39 is 39.3 Å². The van der Waals surface area contributed by atoms with Gasteiger partial charge >= 0.3 is 5.63 Å². The van der Waals surface area contributed by atoms with Crippen molar-refractivity contribution in [2.45, 2.75) is 32.4 Å². The zero-order valence-corrected chi connectivity index (χ0v) is 19.4. The SMILES string of the molecule is Cc1cc2oc(=O)c(CC(=O)N[C@@H]3CS(=O)(=O)C[C@@H]3O)c(C)c2c2occ(-c3ccccc3)c12. The molecule has 1 fully saturated rings. The van der Waals surface area contributed by atoms with Gasteiger partial charge in [0, 0.05) is 10.9 Å². The molecule has 2 aromatic heterocycles. The zero-order valence-electron chi connectivity index (χ0n) is 18.6. The number of sulfone groups is 1. The Kier molecular flexibility index (Phi) is 5.33. The first-order valence-electron chi connectivity index (χ1n) is 10.8. The summed E-state index contributed by atoms with van der Waals surface area (Å²) in [5.41, 5.74) is 3.78. The van der Waals surface area contributed by atoms with E-state index in [1.54, 1.807) is 19.3 Å². The van der Waals surface area contributed by atoms with Crippen LogP contribution < -0.4 is 10.9 Å². The lowest BCUT2D eigenvalue weighted by Crippen LogP contribution is -2.43. The molecule has 2 atom stereocenters. The number of fused-ring (bicyclic) bond motifs is 3. The van der Waals surface area contributed by atoms with Gasteiger partial charge in [-0.05, 0) is 36.6 Å². The van der Waals surface area contributed by atoms with Gasteiger partial charge in [-0.15, -0.1) is 0 Å². The van der Waals surface area contributed by atoms with Gasteiger partial charge in [0.05, 0.1) is 47.3 Å². The van der Waals surface area contributed by atoms with Gasteiger partial charge < -0.3 is 19.3 Å². The fraction of sp³-hybridized carbons (Fsp3) is 0.280. The molecule has 0 saturated carbocycles. The fourth-order valence-electron chi connectivity index (χ4n) is 4.71. The quantitative estimate of drug-likeness (QED) is 0.429. The molecule has 0 unspecified atom stereocenters. The van der Waals surface area contributed by atoms with Crippen LogP contribution in [-0.2, 0) is 21.1 Å². The van der Waals surface area contributed by atoms with E-state index in [-0.39, 0.29) is 17.7 Å². The molecule has 1 saturated heterocycles. The Bertz CT molecular complexity index is 1600. The second-order valence-corrected chi connectivity index (χ2v) is 10.9. The van der Waals surface area contributed by atoms with Crippen LogP contribution in [0.4, 0.5) is 0 Å². The van der Waals surface area contributed by atoms with Gasteiger partial charge in [0.1, 0.15) is 11.2 Å². The third-order valence-electron chi connectivity index (χ3n) is 6.37. The van der Waals surface area contributed by atoms with Gasteiger partial charge in [0.15, 0.2) is 9.84 Å². The molecule has 0 radical (unpaired) electrons. The molecule has 0 aliphatic carbocycles. The Labute approximate surface area is 195 Å². The number of hydrogen-bond acceptors (Lipinski definition) is 7. The molecule has 1 aliphatic rings. The Balaban J connectivity index is 1.57. The van der Waals surface area contributed by atoms with E-state index in [9.17, 15) is 23.1 Å². The summed E-state index contributed by atoms with van der Waals surface area (Å²) in [5.74, 6) is -1.29. The van der Waals surface area contributed by atoms with Gasteiger partial charge in [-0.3, -0.25) is 4.79 Å². The normalized spacial score (nSPS) is 19.6. The Morgan fingerprint density at radius 3 is 2.56 bits per heavy atom. The lowest BCUT2D eigenvalue weighted by atomic mass is 9.96. The van der Waals surface area contributed by atoms with E-state index >= 15 is 0 Å². The minimum atomic E-state index is -3.41. The third-order valence-corrected chi connectivity index (χ3v) is 8.09. The maximum Gasteiger partial charge on any atom is 0.340 e. The van der Waals surface area contributed by atoms with E-state index in [4.69, 9.17) is 8.83 Å². The van der Waals surface area contributed by atoms with E-state index in [0.29, 0.717) is 22.1 Å². The average molecular weight is 482 g/mol. The monoisotopic (exact) mass is 481 g/mol. The van der Waals surface area contributed by atoms with Crippen molar-refractivity contribution < 1.29 is 27.2 Å². The fourth-order valence-corrected chi connectivity index (χ4v) is 6.45. The van der Waals surface area contributed by atoms with Crippen molar-refractivity contribution in [3.8, 4) is 11.1 Å². The highest BCUT2D eigenvalue weighted by Crippen LogP contribution is 2.38. The molecule has 2 N–H and O–H groups in total. The highest BCUT2D eigenvalue weighted by atomic mass is 32.2. The van der Waals surface area contributed by atoms with E-state index in [2.05, 4.69) is 5.32 Å². The molecule has 0 bridgehead atoms. The lowest BCUT2D eigenvalue weighted by molar-refractivity contribution is -0.121. The zero-order chi connectivity index (χ0) is 24.2. The summed E-state index contributed by atoms with van der Waals surface area (Å²) in [6, 6.07) is 10.7. The summed E-state index contributed by atoms with van der Waals surface area (Å²) >= 11 is 0. The van der Waals surface area contributed by atoms with Crippen molar-refractivity contribution in [1.29, 1.82) is 0 Å². The smallest absolute Gasteiger partial charge is 0.340 e. The second-order valence-electron chi connectivity index (χ2n) is 8.77. The van der Waals surface area contributed by atoms with Crippen LogP contribution >= 0.6 is 0 Å². The van der Waals surface area contributed by atoms with E-state index in [0.717, 1.165) is 22.1 Å². The number of aliphatic hydroxyl groups is 1. The number of amides is 1. The van der Waals surface area contributed by atoms with Crippen LogP contribution in [0.2, 0.25) is 0 Å². The maximum atomic E-state index is 12.7. The summed E-state index contributed by atoms with van der Waals surface area (Å²) < 4.78 is 35.0. The second kappa shape index (κ2) is 8.11. The first-order valence-corrected chi connectivity index (χ1v) is 12.7. The standard InChI is InChI=1S/C25H23NO7S/c1-13-8-20-23(24-22(13)17(10-32-24)15-6-4-3-5-7-15)14(2)16(25(29)33-20)9-21(28)26-18-11-34(30,31)12-19(18)27/h3-8,10,18-19,27H,9,11-12H2,1-2H3,(H,26,28)/t18-,19+/m1/s1. The number of carbonyl (C=O) groups excluding carboxylic acids is 1. The summed E-state index contributed by atoms with van der Waals surface area (Å²) in [6.45, 7) is 3.65. The van der Waals surface area contributed by atoms with Crippen molar-refractivity contribution in [3.63, 3.8) is 0 Å². The summed E-state index contributed by atoms with van der Waals surface area (Å²) in [4.78, 5) is 25.4. The van der Waals surface area contributed by atoms with Crippen molar-refractivity contribution in [2.75, 3.05) is 11.5 Å². The van der Waals surface area contributed by atoms with Crippen LogP contribution in [-0.4, -0.2) is 43.1 Å². The number of furan rings is 1. The molecule has 176 valence electrons. The van der Waals surface area contributed by atoms with Crippen LogP contribution in [0.3, 0.4) is 0 Å². The topological polar surface area (TPSA) is 127 Å². The number of nitrogens with one attached hydrogen (secondary N) is 1. The van der Waals surface area contributed by atoms with Crippen LogP contribution in [0.5, 0.6) is 0 Å². The largest absolute Gasteiger partial charge is 0.463 e. The molecule has 4 aromatic rings. The Morgan fingerprint density at radius 1 is 1.15 bits per heavy atom. The minimum Gasteiger partial charge on any atom is -0.463 e. The molecule has 0 spiro atoms. The molecular formula is C25H23NO7S. The number of benzene rings is 2. The lowest BCUT2D eigenvalue weighted by Gasteiger charge is -2.15. The van der Waals surface area contributed by atoms with Crippen LogP contribution in [0.1, 0.15) is 16.7 Å². The highest BCUT2D eigenvalue weighted by molar-refractivity contribution is 7.91. The van der Waals surface area contributed by atoms with Gasteiger partial charge in [-0.25, -0.2) is 13.2 Å². The summed E-state index contributed by atoms with van der Waals surface area (Å²) in [5, 5.41) is 14.0. The van der Waals surface area contributed by atoms with Crippen LogP contribution in [0.25, 0.3) is 33.1 Å². The number of aliphatic hydroxyl groups excluding tert-OH is 1. The molecule has 34 heavy (non-hydrogen) atoms. The molecule has 8 nitrogen and oxygen atoms in total. The molecule has 1 amide bonds. The molecule has 2 aromatic carbocycles. The Hall–Kier alpha value is -3.43. The predicted octanol–water partition coefficient (Wildman–Crippen LogP) is 2.64. The minimum absolute atomic E-state index is 0.156. The van der Waals surface area contributed by atoms with Crippen molar-refractivity contribution in [1.82, 2.24) is 5.32 Å². The van der Waals surface area contributed by atoms with Crippen molar-refractivity contribution >= 4 is 37.7 Å². The number of aryl methyl sites for hydroxylation is 2. The van der Waals surface area contributed by atoms with Crippen molar-refractivity contribution in [3.05, 3.63) is 69.8 Å². The van der Waals surface area contributed by atoms with Gasteiger partial charge in [0.25, 0.3) is 0 Å². The predicted molar refractivity (Wildman–Crippen MR) is 127 cm³/mol. The average Bonchev–Trinajstić information content (AvgIpc) is 3.32. The molecule has 9 heteroatoms. The third kappa shape index (κ3) is 3.80. The van der Waals surface area contributed by atoms with Crippen molar-refractivity contribution in [2.24, 2.45) is 0 Å². The number of rotatable bonds is 4. The summed E-state index contributed by atoms with van der Waals surface area (Å²) in [7, 11) is -3.41. The van der Waals surface area contributed by atoms with E-state index in [1.807, 2.05) is 37.3 Å². The first-order chi connectivity index (χ1) is 16.1. The van der Waals surface area contributed by atoms with Gasteiger partial charge in [0.2, 0.25) is 5.91 Å². The van der Waals surface area contributed by atoms with Crippen LogP contribution in [0, 0.1) is 13.8 Å². The first kappa shape index (κ1) is 22.4. The number of carbonyl (C=O) groups is 1. The van der Waals surface area contributed by atoms with Crippen LogP contribution in [0.15, 0.2) is 56.3 Å². The number of hydrogen-bond donors (Lipinski definition) is 2. The van der Waals surface area contributed by atoms with E-state index in [1.165, 1.54) is 0 Å². The highest BCUT2D eigenvalue weighted by Gasteiger charge is 2.37. The molecular weight excluding hydrogens is 458 g/mol. The summed E-state index contributed by atoms with van der Waals surface area (Å²) in [6.07, 6.45) is 0.186. The Morgan fingerprint density at radius 2 is 1.88 bits per heavy atom. The molecule has 3 heterocycles. The van der Waals surface area contributed by atoms with Gasteiger partial charge in [-0.1, -0.05) is 30.3 Å². The molecule has 5 rings (SSSR count). The maximum absolute atomic E-state index is 12.7. The van der Waals surface area contributed by atoms with Gasteiger partial charge in [-0.2, -0.15) is 0 Å². The molecule has 1 aliphatic heterocycles.